The molecule has 108 valence electrons. The Morgan fingerprint density at radius 2 is 2.14 bits per heavy atom. The van der Waals surface area contributed by atoms with Crippen LogP contribution >= 0.6 is 23.2 Å². The Balaban J connectivity index is 1.93. The number of H-pyrrole nitrogens is 2. The van der Waals surface area contributed by atoms with Crippen LogP contribution in [-0.2, 0) is 4.74 Å². The summed E-state index contributed by atoms with van der Waals surface area (Å²) in [5, 5.41) is 12.3. The second kappa shape index (κ2) is 4.94. The number of anilines is 1. The molecule has 4 rings (SSSR count). The summed E-state index contributed by atoms with van der Waals surface area (Å²) in [5.41, 5.74) is 3.79. The Bertz CT molecular complexity index is 793. The van der Waals surface area contributed by atoms with Gasteiger partial charge in [0.15, 0.2) is 0 Å². The molecule has 1 aliphatic heterocycles. The zero-order valence-corrected chi connectivity index (χ0v) is 12.4. The molecule has 0 unspecified atom stereocenters. The van der Waals surface area contributed by atoms with Crippen molar-refractivity contribution in [1.29, 1.82) is 0 Å². The Labute approximate surface area is 130 Å². The van der Waals surface area contributed by atoms with E-state index in [0.717, 1.165) is 27.7 Å². The van der Waals surface area contributed by atoms with E-state index >= 15 is 0 Å². The van der Waals surface area contributed by atoms with Gasteiger partial charge < -0.3 is 15.0 Å². The van der Waals surface area contributed by atoms with Crippen LogP contribution in [0, 0.1) is 0 Å². The average Bonchev–Trinajstić information content (AvgIpc) is 3.06. The molecule has 0 amide bonds. The number of hydrogen-bond donors (Lipinski definition) is 3. The maximum absolute atomic E-state index is 6.32. The number of aromatic nitrogens is 3. The standard InChI is InChI=1S/C14H12Cl2N4O/c15-10-1-11(20-8-5-21-6-8)12-9(7-2-18-19-3-7)4-17-14(12)13(10)16/h1-4,8,17,20H,5-6H2,(H,18,19). The van der Waals surface area contributed by atoms with E-state index in [1.807, 2.05) is 18.5 Å². The number of halogens is 2. The molecule has 21 heavy (non-hydrogen) atoms. The lowest BCUT2D eigenvalue weighted by Crippen LogP contribution is -2.40. The topological polar surface area (TPSA) is 65.7 Å². The summed E-state index contributed by atoms with van der Waals surface area (Å²) in [6.45, 7) is 1.40. The molecule has 3 aromatic rings. The number of benzene rings is 1. The number of nitrogens with zero attached hydrogens (tertiary/aromatic N) is 1. The van der Waals surface area contributed by atoms with E-state index in [1.165, 1.54) is 0 Å². The van der Waals surface area contributed by atoms with Gasteiger partial charge >= 0.3 is 0 Å². The fourth-order valence-corrected chi connectivity index (χ4v) is 2.94. The third-order valence-corrected chi connectivity index (χ3v) is 4.44. The van der Waals surface area contributed by atoms with Crippen LogP contribution in [0.2, 0.25) is 10.0 Å². The SMILES string of the molecule is Clc1cc(NC2COC2)c2c(-c3cn[nH]c3)c[nH]c2c1Cl. The van der Waals surface area contributed by atoms with Crippen LogP contribution < -0.4 is 5.32 Å². The van der Waals surface area contributed by atoms with Crippen LogP contribution in [0.25, 0.3) is 22.0 Å². The van der Waals surface area contributed by atoms with E-state index in [2.05, 4.69) is 20.5 Å². The lowest BCUT2D eigenvalue weighted by molar-refractivity contribution is 0.0211. The summed E-state index contributed by atoms with van der Waals surface area (Å²) in [7, 11) is 0. The Hall–Kier alpha value is -1.69. The first kappa shape index (κ1) is 13.0. The van der Waals surface area contributed by atoms with Gasteiger partial charge in [0.2, 0.25) is 0 Å². The fraction of sp³-hybridized carbons (Fsp3) is 0.214. The molecule has 1 fully saturated rings. The number of rotatable bonds is 3. The van der Waals surface area contributed by atoms with Gasteiger partial charge in [-0.15, -0.1) is 0 Å². The van der Waals surface area contributed by atoms with Crippen molar-refractivity contribution >= 4 is 39.8 Å². The number of ether oxygens (including phenoxy) is 1. The van der Waals surface area contributed by atoms with Crippen molar-refractivity contribution in [3.63, 3.8) is 0 Å². The number of aromatic amines is 2. The van der Waals surface area contributed by atoms with Crippen molar-refractivity contribution in [1.82, 2.24) is 15.2 Å². The highest BCUT2D eigenvalue weighted by Crippen LogP contribution is 2.41. The largest absolute Gasteiger partial charge is 0.377 e. The minimum atomic E-state index is 0.303. The summed E-state index contributed by atoms with van der Waals surface area (Å²) >= 11 is 12.5. The first-order chi connectivity index (χ1) is 10.2. The number of fused-ring (bicyclic) bond motifs is 1. The van der Waals surface area contributed by atoms with Crippen molar-refractivity contribution in [3.05, 3.63) is 34.7 Å². The predicted molar refractivity (Wildman–Crippen MR) is 84.1 cm³/mol. The highest BCUT2D eigenvalue weighted by Gasteiger charge is 2.22. The number of nitrogens with one attached hydrogen (secondary N) is 3. The second-order valence-corrected chi connectivity index (χ2v) is 5.82. The Morgan fingerprint density at radius 3 is 2.81 bits per heavy atom. The molecule has 3 heterocycles. The highest BCUT2D eigenvalue weighted by atomic mass is 35.5. The normalized spacial score (nSPS) is 15.3. The summed E-state index contributed by atoms with van der Waals surface area (Å²) in [6.07, 6.45) is 5.54. The highest BCUT2D eigenvalue weighted by molar-refractivity contribution is 6.46. The molecule has 3 N–H and O–H groups in total. The quantitative estimate of drug-likeness (QED) is 0.689. The minimum absolute atomic E-state index is 0.303. The first-order valence-corrected chi connectivity index (χ1v) is 7.32. The zero-order valence-electron chi connectivity index (χ0n) is 10.9. The van der Waals surface area contributed by atoms with Crippen LogP contribution in [-0.4, -0.2) is 34.4 Å². The minimum Gasteiger partial charge on any atom is -0.377 e. The Morgan fingerprint density at radius 1 is 1.29 bits per heavy atom. The maximum atomic E-state index is 6.32. The molecule has 1 aliphatic rings. The van der Waals surface area contributed by atoms with Crippen LogP contribution in [0.4, 0.5) is 5.69 Å². The van der Waals surface area contributed by atoms with Crippen molar-refractivity contribution in [2.75, 3.05) is 18.5 Å². The van der Waals surface area contributed by atoms with E-state index in [0.29, 0.717) is 29.3 Å². The third kappa shape index (κ3) is 2.09. The molecule has 0 spiro atoms. The van der Waals surface area contributed by atoms with Crippen molar-refractivity contribution in [3.8, 4) is 11.1 Å². The lowest BCUT2D eigenvalue weighted by Gasteiger charge is -2.28. The summed E-state index contributed by atoms with van der Waals surface area (Å²) in [5.74, 6) is 0. The van der Waals surface area contributed by atoms with E-state index in [9.17, 15) is 0 Å². The molecule has 1 saturated heterocycles. The van der Waals surface area contributed by atoms with Gasteiger partial charge in [-0.1, -0.05) is 23.2 Å². The molecular weight excluding hydrogens is 311 g/mol. The predicted octanol–water partition coefficient (Wildman–Crippen LogP) is 3.68. The van der Waals surface area contributed by atoms with Crippen LogP contribution in [0.15, 0.2) is 24.7 Å². The van der Waals surface area contributed by atoms with Gasteiger partial charge in [-0.2, -0.15) is 5.10 Å². The van der Waals surface area contributed by atoms with Crippen LogP contribution in [0.3, 0.4) is 0 Å². The molecule has 0 aliphatic carbocycles. The fourth-order valence-electron chi connectivity index (χ4n) is 2.54. The van der Waals surface area contributed by atoms with Gasteiger partial charge in [-0.3, -0.25) is 5.10 Å². The van der Waals surface area contributed by atoms with Gasteiger partial charge in [0.05, 0.1) is 41.0 Å². The summed E-state index contributed by atoms with van der Waals surface area (Å²) in [6, 6.07) is 2.17. The maximum Gasteiger partial charge on any atom is 0.0834 e. The molecule has 5 nitrogen and oxygen atoms in total. The van der Waals surface area contributed by atoms with Crippen LogP contribution in [0.5, 0.6) is 0 Å². The zero-order chi connectivity index (χ0) is 14.4. The second-order valence-electron chi connectivity index (χ2n) is 5.04. The van der Waals surface area contributed by atoms with Crippen molar-refractivity contribution < 1.29 is 4.74 Å². The molecule has 0 saturated carbocycles. The molecule has 0 bridgehead atoms. The van der Waals surface area contributed by atoms with Crippen molar-refractivity contribution in [2.24, 2.45) is 0 Å². The molecule has 0 atom stereocenters. The first-order valence-electron chi connectivity index (χ1n) is 6.56. The van der Waals surface area contributed by atoms with Gasteiger partial charge in [-0.05, 0) is 6.07 Å². The van der Waals surface area contributed by atoms with Gasteiger partial charge in [0, 0.05) is 34.6 Å². The lowest BCUT2D eigenvalue weighted by atomic mass is 10.1. The monoisotopic (exact) mass is 322 g/mol. The van der Waals surface area contributed by atoms with Gasteiger partial charge in [-0.25, -0.2) is 0 Å². The molecular formula is C14H12Cl2N4O. The molecule has 1 aromatic carbocycles. The summed E-state index contributed by atoms with van der Waals surface area (Å²) < 4.78 is 5.21. The van der Waals surface area contributed by atoms with E-state index in [1.54, 1.807) is 6.20 Å². The van der Waals surface area contributed by atoms with Gasteiger partial charge in [0.25, 0.3) is 0 Å². The molecule has 7 heteroatoms. The smallest absolute Gasteiger partial charge is 0.0834 e. The number of hydrogen-bond acceptors (Lipinski definition) is 3. The van der Waals surface area contributed by atoms with Crippen molar-refractivity contribution in [2.45, 2.75) is 6.04 Å². The van der Waals surface area contributed by atoms with E-state index < -0.39 is 0 Å². The van der Waals surface area contributed by atoms with E-state index in [4.69, 9.17) is 27.9 Å². The molecule has 2 aromatic heterocycles. The third-order valence-electron chi connectivity index (χ3n) is 3.66. The molecule has 0 radical (unpaired) electrons. The van der Waals surface area contributed by atoms with Crippen LogP contribution in [0.1, 0.15) is 0 Å². The summed E-state index contributed by atoms with van der Waals surface area (Å²) in [4.78, 5) is 3.21. The van der Waals surface area contributed by atoms with E-state index in [-0.39, 0.29) is 0 Å². The van der Waals surface area contributed by atoms with Gasteiger partial charge in [0.1, 0.15) is 0 Å². The Kier molecular flexibility index (Phi) is 3.06. The average molecular weight is 323 g/mol.